The van der Waals surface area contributed by atoms with Gasteiger partial charge in [-0.1, -0.05) is 12.1 Å². The van der Waals surface area contributed by atoms with E-state index >= 15 is 0 Å². The first-order valence-electron chi connectivity index (χ1n) is 5.82. The largest absolute Gasteiger partial charge is 0.507 e. The molecule has 7 heteroatoms. The summed E-state index contributed by atoms with van der Waals surface area (Å²) in [5.74, 6) is -5.44. The number of nitrogens with two attached hydrogens (primary N) is 1. The highest BCUT2D eigenvalue weighted by Crippen LogP contribution is 2.34. The van der Waals surface area contributed by atoms with Crippen LogP contribution in [-0.4, -0.2) is 23.6 Å². The van der Waals surface area contributed by atoms with E-state index in [9.17, 15) is 18.7 Å². The molecule has 0 fully saturated rings. The molecule has 3 N–H and O–H groups in total. The number of alkyl halides is 2. The lowest BCUT2D eigenvalue weighted by Gasteiger charge is -2.22. The number of phenols is 1. The van der Waals surface area contributed by atoms with E-state index in [0.29, 0.717) is 11.1 Å². The number of carbonyl (C=O) groups excluding carboxylic acids is 1. The van der Waals surface area contributed by atoms with Crippen molar-refractivity contribution in [2.45, 2.75) is 32.7 Å². The maximum Gasteiger partial charge on any atom is 0.379 e. The number of hydrogen-bond acceptors (Lipinski definition) is 4. The molecular weight excluding hydrogens is 292 g/mol. The van der Waals surface area contributed by atoms with Crippen molar-refractivity contribution >= 4 is 18.4 Å². The van der Waals surface area contributed by atoms with Crippen LogP contribution < -0.4 is 5.73 Å². The molecule has 0 amide bonds. The first-order chi connectivity index (χ1) is 8.71. The second-order valence-corrected chi connectivity index (χ2v) is 4.32. The van der Waals surface area contributed by atoms with Crippen LogP contribution in [0, 0.1) is 13.8 Å². The van der Waals surface area contributed by atoms with E-state index in [-0.39, 0.29) is 30.3 Å². The zero-order valence-electron chi connectivity index (χ0n) is 11.4. The van der Waals surface area contributed by atoms with Crippen molar-refractivity contribution in [2.24, 2.45) is 5.73 Å². The third-order valence-electron chi connectivity index (χ3n) is 2.81. The maximum absolute atomic E-state index is 13.8. The molecule has 1 aromatic carbocycles. The van der Waals surface area contributed by atoms with Gasteiger partial charge in [-0.05, 0) is 37.5 Å². The number of phenolic OH excluding ortho intramolecular Hbond substituents is 1. The molecule has 1 aromatic rings. The summed E-state index contributed by atoms with van der Waals surface area (Å²) >= 11 is 0. The van der Waals surface area contributed by atoms with E-state index in [1.54, 1.807) is 13.8 Å². The van der Waals surface area contributed by atoms with E-state index in [1.807, 2.05) is 0 Å². The van der Waals surface area contributed by atoms with Gasteiger partial charge in [-0.15, -0.1) is 12.4 Å². The van der Waals surface area contributed by atoms with Crippen molar-refractivity contribution in [3.05, 3.63) is 28.8 Å². The molecule has 20 heavy (non-hydrogen) atoms. The Balaban J connectivity index is 0.00000361. The zero-order valence-corrected chi connectivity index (χ0v) is 12.3. The van der Waals surface area contributed by atoms with E-state index in [0.717, 1.165) is 0 Å². The molecule has 1 rings (SSSR count). The second kappa shape index (κ2) is 6.85. The SMILES string of the molecule is CCOC(=O)C(F)(F)[C@H](N)c1cc(C)c(O)c(C)c1.Cl. The predicted molar refractivity (Wildman–Crippen MR) is 73.3 cm³/mol. The van der Waals surface area contributed by atoms with Crippen molar-refractivity contribution in [1.82, 2.24) is 0 Å². The Kier molecular flexibility index (Phi) is 6.37. The Bertz CT molecular complexity index is 471. The summed E-state index contributed by atoms with van der Waals surface area (Å²) in [4.78, 5) is 11.2. The minimum Gasteiger partial charge on any atom is -0.507 e. The Labute approximate surface area is 122 Å². The predicted octanol–water partition coefficient (Wildman–Crippen LogP) is 2.63. The molecule has 0 bridgehead atoms. The van der Waals surface area contributed by atoms with Crippen LogP contribution in [0.1, 0.15) is 29.7 Å². The van der Waals surface area contributed by atoms with Crippen LogP contribution in [0.2, 0.25) is 0 Å². The van der Waals surface area contributed by atoms with Gasteiger partial charge >= 0.3 is 11.9 Å². The zero-order chi connectivity index (χ0) is 14.8. The number of aromatic hydroxyl groups is 1. The average Bonchev–Trinajstić information content (AvgIpc) is 2.34. The van der Waals surface area contributed by atoms with Crippen molar-refractivity contribution in [3.63, 3.8) is 0 Å². The number of benzene rings is 1. The van der Waals surface area contributed by atoms with Crippen LogP contribution in [0.25, 0.3) is 0 Å². The summed E-state index contributed by atoms with van der Waals surface area (Å²) in [7, 11) is 0. The molecule has 0 aliphatic heterocycles. The van der Waals surface area contributed by atoms with E-state index in [4.69, 9.17) is 5.73 Å². The molecule has 0 heterocycles. The molecule has 0 saturated carbocycles. The Morgan fingerprint density at radius 2 is 1.85 bits per heavy atom. The number of hydrogen-bond donors (Lipinski definition) is 2. The van der Waals surface area contributed by atoms with Gasteiger partial charge in [0.25, 0.3) is 0 Å². The topological polar surface area (TPSA) is 72.5 Å². The second-order valence-electron chi connectivity index (χ2n) is 4.32. The highest BCUT2D eigenvalue weighted by Gasteiger charge is 2.47. The summed E-state index contributed by atoms with van der Waals surface area (Å²) in [6.07, 6.45) is 0. The minimum atomic E-state index is -3.81. The monoisotopic (exact) mass is 309 g/mol. The third-order valence-corrected chi connectivity index (χ3v) is 2.81. The van der Waals surface area contributed by atoms with Crippen LogP contribution in [0.5, 0.6) is 5.75 Å². The molecule has 0 aliphatic rings. The van der Waals surface area contributed by atoms with Gasteiger partial charge in [0.1, 0.15) is 11.8 Å². The summed E-state index contributed by atoms with van der Waals surface area (Å²) in [6.45, 7) is 4.44. The maximum atomic E-state index is 13.8. The molecule has 1 atom stereocenters. The minimum absolute atomic E-state index is 0. The first kappa shape index (κ1) is 18.6. The lowest BCUT2D eigenvalue weighted by molar-refractivity contribution is -0.174. The van der Waals surface area contributed by atoms with Crippen LogP contribution in [-0.2, 0) is 9.53 Å². The molecular formula is C13H18ClF2NO3. The number of ether oxygens (including phenoxy) is 1. The summed E-state index contributed by atoms with van der Waals surface area (Å²) in [6, 6.07) is 0.852. The Morgan fingerprint density at radius 1 is 1.40 bits per heavy atom. The molecule has 0 aromatic heterocycles. The van der Waals surface area contributed by atoms with E-state index in [2.05, 4.69) is 4.74 Å². The van der Waals surface area contributed by atoms with Crippen molar-refractivity contribution in [3.8, 4) is 5.75 Å². The Morgan fingerprint density at radius 3 is 2.25 bits per heavy atom. The number of halogens is 3. The highest BCUT2D eigenvalue weighted by molar-refractivity contribution is 5.85. The van der Waals surface area contributed by atoms with Crippen LogP contribution in [0.4, 0.5) is 8.78 Å². The van der Waals surface area contributed by atoms with Gasteiger partial charge in [0.2, 0.25) is 0 Å². The fourth-order valence-corrected chi connectivity index (χ4v) is 1.73. The number of carbonyl (C=O) groups is 1. The number of esters is 1. The molecule has 0 spiro atoms. The lowest BCUT2D eigenvalue weighted by Crippen LogP contribution is -2.41. The molecule has 114 valence electrons. The molecule has 0 radical (unpaired) electrons. The first-order valence-corrected chi connectivity index (χ1v) is 5.82. The van der Waals surface area contributed by atoms with Gasteiger partial charge in [-0.3, -0.25) is 0 Å². The molecule has 4 nitrogen and oxygen atoms in total. The van der Waals surface area contributed by atoms with E-state index in [1.165, 1.54) is 19.1 Å². The number of aryl methyl sites for hydroxylation is 2. The normalized spacial score (nSPS) is 12.5. The van der Waals surface area contributed by atoms with Gasteiger partial charge in [-0.25, -0.2) is 4.79 Å². The van der Waals surface area contributed by atoms with Crippen molar-refractivity contribution in [2.75, 3.05) is 6.61 Å². The summed E-state index contributed by atoms with van der Waals surface area (Å²) in [5, 5.41) is 9.59. The highest BCUT2D eigenvalue weighted by atomic mass is 35.5. The standard InChI is InChI=1S/C13H17F2NO3.ClH/c1-4-19-12(18)13(14,15)11(16)9-5-7(2)10(17)8(3)6-9;/h5-6,11,17H,4,16H2,1-3H3;1H/t11-;/m1./s1. The Hall–Kier alpha value is -1.40. The van der Waals surface area contributed by atoms with E-state index < -0.39 is 17.9 Å². The molecule has 0 unspecified atom stereocenters. The van der Waals surface area contributed by atoms with Gasteiger partial charge < -0.3 is 15.6 Å². The molecule has 0 saturated heterocycles. The fraction of sp³-hybridized carbons (Fsp3) is 0.462. The van der Waals surface area contributed by atoms with Crippen LogP contribution in [0.15, 0.2) is 12.1 Å². The smallest absolute Gasteiger partial charge is 0.379 e. The van der Waals surface area contributed by atoms with Gasteiger partial charge in [0.05, 0.1) is 6.61 Å². The van der Waals surface area contributed by atoms with Crippen molar-refractivity contribution < 1.29 is 23.4 Å². The number of rotatable bonds is 4. The quantitative estimate of drug-likeness (QED) is 0.839. The van der Waals surface area contributed by atoms with Gasteiger partial charge in [0, 0.05) is 0 Å². The third kappa shape index (κ3) is 3.58. The average molecular weight is 310 g/mol. The van der Waals surface area contributed by atoms with Crippen LogP contribution >= 0.6 is 12.4 Å². The summed E-state index contributed by atoms with van der Waals surface area (Å²) in [5.41, 5.74) is 6.38. The van der Waals surface area contributed by atoms with Gasteiger partial charge in [0.15, 0.2) is 0 Å². The fourth-order valence-electron chi connectivity index (χ4n) is 1.73. The van der Waals surface area contributed by atoms with Crippen LogP contribution in [0.3, 0.4) is 0 Å². The molecule has 0 aliphatic carbocycles. The summed E-state index contributed by atoms with van der Waals surface area (Å²) < 4.78 is 31.9. The van der Waals surface area contributed by atoms with Gasteiger partial charge in [-0.2, -0.15) is 8.78 Å². The lowest BCUT2D eigenvalue weighted by atomic mass is 9.97. The van der Waals surface area contributed by atoms with Crippen molar-refractivity contribution in [1.29, 1.82) is 0 Å².